The van der Waals surface area contributed by atoms with Crippen molar-refractivity contribution in [2.45, 2.75) is 6.92 Å². The van der Waals surface area contributed by atoms with Crippen molar-refractivity contribution in [3.05, 3.63) is 68.0 Å². The number of nitro benzene ring substituents is 1. The fourth-order valence-electron chi connectivity index (χ4n) is 2.55. The highest BCUT2D eigenvalue weighted by Gasteiger charge is 2.20. The molecule has 0 spiro atoms. The van der Waals surface area contributed by atoms with Crippen molar-refractivity contribution < 1.29 is 14.8 Å². The van der Waals surface area contributed by atoms with E-state index in [9.17, 15) is 20.5 Å². The first-order valence-electron chi connectivity index (χ1n) is 8.13. The lowest BCUT2D eigenvalue weighted by molar-refractivity contribution is -0.386. The van der Waals surface area contributed by atoms with Gasteiger partial charge in [-0.05, 0) is 24.6 Å². The molecule has 0 bridgehead atoms. The second-order valence-corrected chi connectivity index (χ2v) is 6.78. The third-order valence-electron chi connectivity index (χ3n) is 4.01. The number of phenols is 1. The number of aromatic nitrogens is 1. The molecule has 0 fully saturated rings. The second-order valence-electron chi connectivity index (χ2n) is 5.92. The molecule has 7 nitrogen and oxygen atoms in total. The van der Waals surface area contributed by atoms with E-state index < -0.39 is 16.4 Å². The van der Waals surface area contributed by atoms with Gasteiger partial charge in [0.2, 0.25) is 5.75 Å². The third kappa shape index (κ3) is 3.84. The Morgan fingerprint density at radius 1 is 1.36 bits per heavy atom. The molecule has 1 N–H and O–H groups in total. The zero-order valence-corrected chi connectivity index (χ0v) is 15.9. The Morgan fingerprint density at radius 2 is 2.07 bits per heavy atom. The van der Waals surface area contributed by atoms with Gasteiger partial charge in [0.15, 0.2) is 5.75 Å². The smallest absolute Gasteiger partial charge is 0.315 e. The van der Waals surface area contributed by atoms with E-state index in [-0.39, 0.29) is 11.3 Å². The molecule has 0 aliphatic carbocycles. The van der Waals surface area contributed by atoms with Crippen LogP contribution in [0.4, 0.5) is 5.69 Å². The van der Waals surface area contributed by atoms with Gasteiger partial charge in [-0.2, -0.15) is 5.26 Å². The predicted octanol–water partition coefficient (Wildman–Crippen LogP) is 4.81. The molecule has 0 saturated carbocycles. The number of benzene rings is 2. The van der Waals surface area contributed by atoms with Crippen molar-refractivity contribution in [1.29, 1.82) is 5.26 Å². The molecular formula is C20H15N3O4S. The molecule has 8 heteroatoms. The quantitative estimate of drug-likeness (QED) is 0.379. The van der Waals surface area contributed by atoms with Crippen molar-refractivity contribution in [1.82, 2.24) is 4.98 Å². The molecule has 1 aromatic heterocycles. The third-order valence-corrected chi connectivity index (χ3v) is 4.88. The topological polar surface area (TPSA) is 109 Å². The maximum atomic E-state index is 11.1. The largest absolute Gasteiger partial charge is 0.500 e. The summed E-state index contributed by atoms with van der Waals surface area (Å²) in [4.78, 5) is 14.9. The van der Waals surface area contributed by atoms with Gasteiger partial charge in [-0.1, -0.05) is 29.8 Å². The summed E-state index contributed by atoms with van der Waals surface area (Å²) < 4.78 is 4.99. The van der Waals surface area contributed by atoms with E-state index in [2.05, 4.69) is 11.1 Å². The SMILES string of the molecule is COc1cc(C=C(C#N)c2nc(-c3ccc(C)cc3)cs2)cc([N+](=O)[O-])c1O. The lowest BCUT2D eigenvalue weighted by atomic mass is 10.1. The number of nitro groups is 1. The number of nitrogens with zero attached hydrogens (tertiary/aromatic N) is 3. The van der Waals surface area contributed by atoms with Crippen LogP contribution in [0.1, 0.15) is 16.1 Å². The van der Waals surface area contributed by atoms with Crippen LogP contribution in [0.15, 0.2) is 41.8 Å². The van der Waals surface area contributed by atoms with Crippen LogP contribution in [0.3, 0.4) is 0 Å². The molecule has 2 aromatic carbocycles. The standard InChI is InChI=1S/C20H15N3O4S/c1-12-3-5-14(6-4-12)16-11-28-20(22-16)15(10-21)7-13-8-17(23(25)26)19(24)18(9-13)27-2/h3-9,11,24H,1-2H3. The average Bonchev–Trinajstić information content (AvgIpc) is 3.17. The minimum Gasteiger partial charge on any atom is -0.500 e. The van der Waals surface area contributed by atoms with Gasteiger partial charge in [-0.3, -0.25) is 10.1 Å². The van der Waals surface area contributed by atoms with E-state index in [4.69, 9.17) is 4.74 Å². The van der Waals surface area contributed by atoms with Gasteiger partial charge in [0.05, 0.1) is 23.3 Å². The van der Waals surface area contributed by atoms with Gasteiger partial charge >= 0.3 is 5.69 Å². The first-order chi connectivity index (χ1) is 13.4. The molecule has 3 rings (SSSR count). The Kier molecular flexibility index (Phi) is 5.38. The Hall–Kier alpha value is -3.70. The van der Waals surface area contributed by atoms with Gasteiger partial charge < -0.3 is 9.84 Å². The van der Waals surface area contributed by atoms with Gasteiger partial charge in [0.1, 0.15) is 11.1 Å². The summed E-state index contributed by atoms with van der Waals surface area (Å²) >= 11 is 1.31. The molecule has 140 valence electrons. The lowest BCUT2D eigenvalue weighted by Gasteiger charge is -2.05. The zero-order chi connectivity index (χ0) is 20.3. The van der Waals surface area contributed by atoms with Crippen LogP contribution >= 0.6 is 11.3 Å². The number of phenolic OH excluding ortho intramolecular Hbond substituents is 1. The summed E-state index contributed by atoms with van der Waals surface area (Å²) in [6.07, 6.45) is 1.48. The zero-order valence-electron chi connectivity index (χ0n) is 15.0. The summed E-state index contributed by atoms with van der Waals surface area (Å²) in [6, 6.07) is 12.6. The molecule has 0 aliphatic heterocycles. The average molecular weight is 393 g/mol. The number of rotatable bonds is 5. The molecule has 0 aliphatic rings. The Balaban J connectivity index is 2.02. The summed E-state index contributed by atoms with van der Waals surface area (Å²) in [5.74, 6) is -0.601. The summed E-state index contributed by atoms with van der Waals surface area (Å²) in [7, 11) is 1.30. The van der Waals surface area contributed by atoms with Crippen LogP contribution in [0.5, 0.6) is 11.5 Å². The molecule has 0 radical (unpaired) electrons. The van der Waals surface area contributed by atoms with E-state index in [0.29, 0.717) is 10.6 Å². The van der Waals surface area contributed by atoms with E-state index in [0.717, 1.165) is 16.8 Å². The van der Waals surface area contributed by atoms with Crippen molar-refractivity contribution >= 4 is 28.7 Å². The number of ether oxygens (including phenoxy) is 1. The highest BCUT2D eigenvalue weighted by molar-refractivity contribution is 7.11. The van der Waals surface area contributed by atoms with Crippen molar-refractivity contribution in [3.63, 3.8) is 0 Å². The minimum absolute atomic E-state index is 0.0442. The summed E-state index contributed by atoms with van der Waals surface area (Å²) in [5, 5.41) is 32.9. The van der Waals surface area contributed by atoms with Crippen LogP contribution in [0, 0.1) is 28.4 Å². The molecule has 0 saturated heterocycles. The normalized spacial score (nSPS) is 11.1. The highest BCUT2D eigenvalue weighted by atomic mass is 32.1. The number of hydrogen-bond acceptors (Lipinski definition) is 7. The predicted molar refractivity (Wildman–Crippen MR) is 107 cm³/mol. The van der Waals surface area contributed by atoms with Gasteiger partial charge in [-0.25, -0.2) is 4.98 Å². The van der Waals surface area contributed by atoms with E-state index >= 15 is 0 Å². The molecule has 28 heavy (non-hydrogen) atoms. The number of nitriles is 1. The number of aromatic hydroxyl groups is 1. The molecule has 0 amide bonds. The number of allylic oxidation sites excluding steroid dienone is 1. The summed E-state index contributed by atoms with van der Waals surface area (Å²) in [6.45, 7) is 2.00. The minimum atomic E-state index is -0.708. The molecule has 0 atom stereocenters. The molecule has 3 aromatic rings. The Labute approximate surface area is 164 Å². The van der Waals surface area contributed by atoms with Crippen LogP contribution in [0.2, 0.25) is 0 Å². The van der Waals surface area contributed by atoms with E-state index in [1.807, 2.05) is 36.6 Å². The first-order valence-corrected chi connectivity index (χ1v) is 9.01. The monoisotopic (exact) mass is 393 g/mol. The number of thiazole rings is 1. The second kappa shape index (κ2) is 7.90. The highest BCUT2D eigenvalue weighted by Crippen LogP contribution is 2.38. The lowest BCUT2D eigenvalue weighted by Crippen LogP contribution is -1.93. The molecule has 0 unspecified atom stereocenters. The Morgan fingerprint density at radius 3 is 2.68 bits per heavy atom. The van der Waals surface area contributed by atoms with Crippen molar-refractivity contribution in [2.75, 3.05) is 7.11 Å². The maximum absolute atomic E-state index is 11.1. The van der Waals surface area contributed by atoms with Gasteiger partial charge in [0.25, 0.3) is 0 Å². The van der Waals surface area contributed by atoms with Gasteiger partial charge in [-0.15, -0.1) is 11.3 Å². The van der Waals surface area contributed by atoms with Crippen LogP contribution in [0.25, 0.3) is 22.9 Å². The van der Waals surface area contributed by atoms with E-state index in [1.54, 1.807) is 0 Å². The van der Waals surface area contributed by atoms with E-state index in [1.165, 1.54) is 36.7 Å². The molecule has 1 heterocycles. The molecular weight excluding hydrogens is 378 g/mol. The number of aryl methyl sites for hydroxylation is 1. The number of methoxy groups -OCH3 is 1. The summed E-state index contributed by atoms with van der Waals surface area (Å²) in [5.41, 5.74) is 2.93. The Bertz CT molecular complexity index is 1110. The van der Waals surface area contributed by atoms with Crippen LogP contribution in [-0.4, -0.2) is 22.1 Å². The first kappa shape index (κ1) is 19.1. The van der Waals surface area contributed by atoms with Crippen molar-refractivity contribution in [3.8, 4) is 28.8 Å². The number of hydrogen-bond donors (Lipinski definition) is 1. The van der Waals surface area contributed by atoms with Gasteiger partial charge in [0, 0.05) is 17.0 Å². The van der Waals surface area contributed by atoms with Crippen LogP contribution in [-0.2, 0) is 0 Å². The van der Waals surface area contributed by atoms with Crippen LogP contribution < -0.4 is 4.74 Å². The fraction of sp³-hybridized carbons (Fsp3) is 0.100. The maximum Gasteiger partial charge on any atom is 0.315 e. The fourth-order valence-corrected chi connectivity index (χ4v) is 3.35. The van der Waals surface area contributed by atoms with Crippen molar-refractivity contribution in [2.24, 2.45) is 0 Å².